The van der Waals surface area contributed by atoms with Gasteiger partial charge < -0.3 is 5.32 Å². The van der Waals surface area contributed by atoms with Crippen molar-refractivity contribution in [2.24, 2.45) is 5.92 Å². The normalized spacial score (nSPS) is 12.6. The van der Waals surface area contributed by atoms with E-state index in [0.717, 1.165) is 25.4 Å². The fourth-order valence-electron chi connectivity index (χ4n) is 2.29. The Bertz CT molecular complexity index is 323. The van der Waals surface area contributed by atoms with Crippen LogP contribution < -0.4 is 5.32 Å². The van der Waals surface area contributed by atoms with E-state index in [1.807, 2.05) is 12.3 Å². The van der Waals surface area contributed by atoms with Gasteiger partial charge in [-0.2, -0.15) is 0 Å². The van der Waals surface area contributed by atoms with E-state index in [0.29, 0.717) is 0 Å². The molecule has 0 aliphatic rings. The second-order valence-electron chi connectivity index (χ2n) is 5.01. The molecule has 0 bridgehead atoms. The van der Waals surface area contributed by atoms with E-state index >= 15 is 0 Å². The summed E-state index contributed by atoms with van der Waals surface area (Å²) in [5.74, 6) is 0.818. The van der Waals surface area contributed by atoms with Gasteiger partial charge in [0, 0.05) is 12.7 Å². The minimum Gasteiger partial charge on any atom is -0.311 e. The first-order valence-electron chi connectivity index (χ1n) is 7.45. The number of unbranched alkanes of at least 4 members (excludes halogenated alkanes) is 1. The Morgan fingerprint density at radius 1 is 1.28 bits per heavy atom. The molecule has 0 aliphatic carbocycles. The van der Waals surface area contributed by atoms with Crippen LogP contribution in [0.25, 0.3) is 0 Å². The SMILES string of the molecule is CCCCC(CC)CNCc1ncccc1CC. The lowest BCUT2D eigenvalue weighted by atomic mass is 9.99. The number of hydrogen-bond donors (Lipinski definition) is 1. The van der Waals surface area contributed by atoms with E-state index in [-0.39, 0.29) is 0 Å². The zero-order valence-electron chi connectivity index (χ0n) is 12.2. The van der Waals surface area contributed by atoms with Crippen LogP contribution in [0.3, 0.4) is 0 Å². The monoisotopic (exact) mass is 248 g/mol. The third-order valence-corrected chi connectivity index (χ3v) is 3.63. The first-order valence-corrected chi connectivity index (χ1v) is 7.45. The Labute approximate surface area is 112 Å². The summed E-state index contributed by atoms with van der Waals surface area (Å²) in [6.07, 6.45) is 8.24. The van der Waals surface area contributed by atoms with Crippen LogP contribution in [0.1, 0.15) is 57.7 Å². The summed E-state index contributed by atoms with van der Waals surface area (Å²) in [6, 6.07) is 4.21. The summed E-state index contributed by atoms with van der Waals surface area (Å²) >= 11 is 0. The topological polar surface area (TPSA) is 24.9 Å². The van der Waals surface area contributed by atoms with Gasteiger partial charge in [0.2, 0.25) is 0 Å². The quantitative estimate of drug-likeness (QED) is 0.715. The molecule has 0 radical (unpaired) electrons. The van der Waals surface area contributed by atoms with Crippen molar-refractivity contribution < 1.29 is 0 Å². The average molecular weight is 248 g/mol. The molecule has 2 nitrogen and oxygen atoms in total. The standard InChI is InChI=1S/C16H28N2/c1-4-7-9-14(5-2)12-17-13-16-15(6-3)10-8-11-18-16/h8,10-11,14,17H,4-7,9,12-13H2,1-3H3. The maximum atomic E-state index is 4.47. The highest BCUT2D eigenvalue weighted by Gasteiger charge is 2.06. The van der Waals surface area contributed by atoms with E-state index in [4.69, 9.17) is 0 Å². The average Bonchev–Trinajstić information content (AvgIpc) is 2.43. The molecule has 1 N–H and O–H groups in total. The van der Waals surface area contributed by atoms with Crippen LogP contribution in [0.4, 0.5) is 0 Å². The zero-order chi connectivity index (χ0) is 13.2. The minimum absolute atomic E-state index is 0.818. The van der Waals surface area contributed by atoms with E-state index in [1.165, 1.54) is 36.9 Å². The van der Waals surface area contributed by atoms with Crippen LogP contribution in [-0.2, 0) is 13.0 Å². The number of pyridine rings is 1. The molecule has 0 aromatic carbocycles. The number of nitrogens with zero attached hydrogens (tertiary/aromatic N) is 1. The molecule has 1 unspecified atom stereocenters. The number of hydrogen-bond acceptors (Lipinski definition) is 2. The van der Waals surface area contributed by atoms with Crippen molar-refractivity contribution in [3.8, 4) is 0 Å². The third kappa shape index (κ3) is 5.18. The molecule has 0 fully saturated rings. The molecule has 1 rings (SSSR count). The number of aryl methyl sites for hydroxylation is 1. The molecule has 1 atom stereocenters. The maximum absolute atomic E-state index is 4.47. The van der Waals surface area contributed by atoms with Crippen LogP contribution in [0.2, 0.25) is 0 Å². The second kappa shape index (κ2) is 9.09. The van der Waals surface area contributed by atoms with Gasteiger partial charge in [0.05, 0.1) is 5.69 Å². The number of aromatic nitrogens is 1. The smallest absolute Gasteiger partial charge is 0.0573 e. The molecule has 18 heavy (non-hydrogen) atoms. The number of rotatable bonds is 9. The molecule has 0 aliphatic heterocycles. The Kier molecular flexibility index (Phi) is 7.66. The second-order valence-corrected chi connectivity index (χ2v) is 5.01. The first-order chi connectivity index (χ1) is 8.81. The van der Waals surface area contributed by atoms with Gasteiger partial charge in [0.25, 0.3) is 0 Å². The van der Waals surface area contributed by atoms with E-state index < -0.39 is 0 Å². The Morgan fingerprint density at radius 3 is 2.78 bits per heavy atom. The predicted molar refractivity (Wildman–Crippen MR) is 78.6 cm³/mol. The van der Waals surface area contributed by atoms with E-state index in [9.17, 15) is 0 Å². The van der Waals surface area contributed by atoms with Crippen LogP contribution in [0.15, 0.2) is 18.3 Å². The predicted octanol–water partition coefficient (Wildman–Crippen LogP) is 3.95. The van der Waals surface area contributed by atoms with Crippen LogP contribution in [0, 0.1) is 5.92 Å². The summed E-state index contributed by atoms with van der Waals surface area (Å²) in [7, 11) is 0. The fourth-order valence-corrected chi connectivity index (χ4v) is 2.29. The Balaban J connectivity index is 2.35. The van der Waals surface area contributed by atoms with Gasteiger partial charge in [-0.1, -0.05) is 46.1 Å². The Morgan fingerprint density at radius 2 is 2.11 bits per heavy atom. The molecule has 1 aromatic rings. The molecular weight excluding hydrogens is 220 g/mol. The van der Waals surface area contributed by atoms with E-state index in [1.54, 1.807) is 0 Å². The van der Waals surface area contributed by atoms with Gasteiger partial charge in [0.15, 0.2) is 0 Å². The van der Waals surface area contributed by atoms with Gasteiger partial charge in [-0.3, -0.25) is 4.98 Å². The van der Waals surface area contributed by atoms with Gasteiger partial charge in [-0.15, -0.1) is 0 Å². The molecule has 0 spiro atoms. The van der Waals surface area contributed by atoms with Crippen LogP contribution in [0.5, 0.6) is 0 Å². The first kappa shape index (κ1) is 15.2. The lowest BCUT2D eigenvalue weighted by Crippen LogP contribution is -2.23. The molecule has 0 saturated carbocycles. The summed E-state index contributed by atoms with van der Waals surface area (Å²) in [5.41, 5.74) is 2.58. The van der Waals surface area contributed by atoms with Gasteiger partial charge >= 0.3 is 0 Å². The van der Waals surface area contributed by atoms with Gasteiger partial charge in [-0.25, -0.2) is 0 Å². The molecule has 0 saturated heterocycles. The van der Waals surface area contributed by atoms with Crippen LogP contribution in [-0.4, -0.2) is 11.5 Å². The molecular formula is C16H28N2. The summed E-state index contributed by atoms with van der Waals surface area (Å²) in [6.45, 7) is 8.78. The van der Waals surface area contributed by atoms with Crippen LogP contribution >= 0.6 is 0 Å². The van der Waals surface area contributed by atoms with E-state index in [2.05, 4.69) is 37.1 Å². The van der Waals surface area contributed by atoms with Gasteiger partial charge in [-0.05, 0) is 36.9 Å². The molecule has 2 heteroatoms. The largest absolute Gasteiger partial charge is 0.311 e. The van der Waals surface area contributed by atoms with Gasteiger partial charge in [0.1, 0.15) is 0 Å². The zero-order valence-corrected chi connectivity index (χ0v) is 12.2. The highest BCUT2D eigenvalue weighted by atomic mass is 14.9. The minimum atomic E-state index is 0.818. The highest BCUT2D eigenvalue weighted by molar-refractivity contribution is 5.19. The summed E-state index contributed by atoms with van der Waals surface area (Å²) in [5, 5.41) is 3.57. The van der Waals surface area contributed by atoms with Crippen molar-refractivity contribution in [2.75, 3.05) is 6.54 Å². The van der Waals surface area contributed by atoms with Crippen molar-refractivity contribution >= 4 is 0 Å². The lowest BCUT2D eigenvalue weighted by molar-refractivity contribution is 0.418. The maximum Gasteiger partial charge on any atom is 0.0573 e. The van der Waals surface area contributed by atoms with Crippen molar-refractivity contribution in [3.05, 3.63) is 29.6 Å². The molecule has 1 heterocycles. The Hall–Kier alpha value is -0.890. The van der Waals surface area contributed by atoms with Crippen molar-refractivity contribution in [1.29, 1.82) is 0 Å². The molecule has 102 valence electrons. The molecule has 0 amide bonds. The lowest BCUT2D eigenvalue weighted by Gasteiger charge is -2.15. The summed E-state index contributed by atoms with van der Waals surface area (Å²) < 4.78 is 0. The molecule has 1 aromatic heterocycles. The van der Waals surface area contributed by atoms with Crippen molar-refractivity contribution in [3.63, 3.8) is 0 Å². The fraction of sp³-hybridized carbons (Fsp3) is 0.688. The third-order valence-electron chi connectivity index (χ3n) is 3.63. The highest BCUT2D eigenvalue weighted by Crippen LogP contribution is 2.12. The number of nitrogens with one attached hydrogen (secondary N) is 1. The van der Waals surface area contributed by atoms with Crippen molar-refractivity contribution in [2.45, 2.75) is 59.4 Å². The summed E-state index contributed by atoms with van der Waals surface area (Å²) in [4.78, 5) is 4.47. The van der Waals surface area contributed by atoms with Crippen molar-refractivity contribution in [1.82, 2.24) is 10.3 Å².